The van der Waals surface area contributed by atoms with Crippen LogP contribution in [0.3, 0.4) is 0 Å². The quantitative estimate of drug-likeness (QED) is 0.856. The zero-order valence-electron chi connectivity index (χ0n) is 10.3. The number of methoxy groups -OCH3 is 2. The molecule has 1 aliphatic rings. The number of aliphatic hydroxyl groups is 1. The van der Waals surface area contributed by atoms with Gasteiger partial charge in [-0.25, -0.2) is 0 Å². The van der Waals surface area contributed by atoms with Gasteiger partial charge >= 0.3 is 0 Å². The monoisotopic (exact) mass is 237 g/mol. The molecule has 1 N–H and O–H groups in total. The van der Waals surface area contributed by atoms with E-state index in [2.05, 4.69) is 4.90 Å². The number of likely N-dealkylation sites (tertiary alicyclic amines) is 1. The molecule has 1 fully saturated rings. The molecule has 2 rings (SSSR count). The van der Waals surface area contributed by atoms with Crippen molar-refractivity contribution in [3.63, 3.8) is 0 Å². The average Bonchev–Trinajstić information content (AvgIpc) is 2.74. The fourth-order valence-corrected chi connectivity index (χ4v) is 2.27. The van der Waals surface area contributed by atoms with Crippen molar-refractivity contribution in [2.45, 2.75) is 19.1 Å². The van der Waals surface area contributed by atoms with E-state index in [1.165, 1.54) is 0 Å². The summed E-state index contributed by atoms with van der Waals surface area (Å²) in [4.78, 5) is 2.22. The molecule has 0 unspecified atom stereocenters. The van der Waals surface area contributed by atoms with Gasteiger partial charge in [0.25, 0.3) is 0 Å². The maximum Gasteiger partial charge on any atom is 0.165 e. The van der Waals surface area contributed by atoms with Crippen molar-refractivity contribution >= 4 is 0 Å². The van der Waals surface area contributed by atoms with Crippen LogP contribution < -0.4 is 9.47 Å². The second-order valence-corrected chi connectivity index (χ2v) is 4.33. The topological polar surface area (TPSA) is 41.9 Å². The molecule has 0 saturated carbocycles. The molecular formula is C13H19NO3. The molecule has 1 aromatic rings. The third-order valence-electron chi connectivity index (χ3n) is 3.13. The van der Waals surface area contributed by atoms with Crippen LogP contribution in [0.4, 0.5) is 0 Å². The molecule has 17 heavy (non-hydrogen) atoms. The summed E-state index contributed by atoms with van der Waals surface area (Å²) in [6.45, 7) is 2.46. The second-order valence-electron chi connectivity index (χ2n) is 4.33. The van der Waals surface area contributed by atoms with Crippen LogP contribution in [0.2, 0.25) is 0 Å². The number of nitrogens with zero attached hydrogens (tertiary/aromatic N) is 1. The third kappa shape index (κ3) is 2.70. The lowest BCUT2D eigenvalue weighted by Gasteiger charge is -2.18. The Balaban J connectivity index is 2.14. The van der Waals surface area contributed by atoms with Crippen LogP contribution in [0.25, 0.3) is 0 Å². The molecule has 4 nitrogen and oxygen atoms in total. The number of ether oxygens (including phenoxy) is 2. The highest BCUT2D eigenvalue weighted by Gasteiger charge is 2.21. The molecule has 0 aliphatic carbocycles. The van der Waals surface area contributed by atoms with Gasteiger partial charge < -0.3 is 14.6 Å². The van der Waals surface area contributed by atoms with Crippen LogP contribution in [0.5, 0.6) is 11.5 Å². The van der Waals surface area contributed by atoms with E-state index >= 15 is 0 Å². The summed E-state index contributed by atoms with van der Waals surface area (Å²) in [7, 11) is 3.29. The molecule has 1 aromatic carbocycles. The number of hydrogen-bond donors (Lipinski definition) is 1. The van der Waals surface area contributed by atoms with Gasteiger partial charge in [0, 0.05) is 25.2 Å². The number of aliphatic hydroxyl groups excluding tert-OH is 1. The number of β-amino-alcohol motifs (C(OH)–C–C–N with tert-alkyl or cyclic N) is 1. The van der Waals surface area contributed by atoms with E-state index < -0.39 is 0 Å². The summed E-state index contributed by atoms with van der Waals surface area (Å²) >= 11 is 0. The Morgan fingerprint density at radius 3 is 2.76 bits per heavy atom. The lowest BCUT2D eigenvalue weighted by atomic mass is 10.1. The number of benzene rings is 1. The zero-order chi connectivity index (χ0) is 12.3. The van der Waals surface area contributed by atoms with Crippen molar-refractivity contribution in [1.82, 2.24) is 4.90 Å². The van der Waals surface area contributed by atoms with E-state index in [9.17, 15) is 5.11 Å². The largest absolute Gasteiger partial charge is 0.493 e. The van der Waals surface area contributed by atoms with Crippen LogP contribution in [0.1, 0.15) is 12.0 Å². The van der Waals surface area contributed by atoms with Crippen LogP contribution in [-0.4, -0.2) is 43.4 Å². The molecule has 0 aromatic heterocycles. The summed E-state index contributed by atoms with van der Waals surface area (Å²) in [6, 6.07) is 5.89. The van der Waals surface area contributed by atoms with Crippen molar-refractivity contribution in [1.29, 1.82) is 0 Å². The summed E-state index contributed by atoms with van der Waals surface area (Å²) in [6.07, 6.45) is 0.665. The standard InChI is InChI=1S/C13H19NO3/c1-16-12-5-3-4-10(13(12)17-2)8-14-7-6-11(15)9-14/h3-5,11,15H,6-9H2,1-2H3/t11-/m1/s1. The second kappa shape index (κ2) is 5.38. The first kappa shape index (κ1) is 12.2. The first-order valence-electron chi connectivity index (χ1n) is 5.85. The van der Waals surface area contributed by atoms with E-state index in [0.717, 1.165) is 43.1 Å². The molecule has 4 heteroatoms. The molecule has 1 atom stereocenters. The molecule has 94 valence electrons. The van der Waals surface area contributed by atoms with Crippen molar-refractivity contribution in [3.8, 4) is 11.5 Å². The van der Waals surface area contributed by atoms with Crippen LogP contribution >= 0.6 is 0 Å². The van der Waals surface area contributed by atoms with Crippen molar-refractivity contribution < 1.29 is 14.6 Å². The highest BCUT2D eigenvalue weighted by atomic mass is 16.5. The summed E-state index contributed by atoms with van der Waals surface area (Å²) in [5.74, 6) is 1.54. The lowest BCUT2D eigenvalue weighted by Crippen LogP contribution is -2.21. The Morgan fingerprint density at radius 2 is 2.18 bits per heavy atom. The first-order chi connectivity index (χ1) is 8.24. The highest BCUT2D eigenvalue weighted by molar-refractivity contribution is 5.46. The normalized spacial score (nSPS) is 20.5. The maximum absolute atomic E-state index is 9.51. The Morgan fingerprint density at radius 1 is 1.35 bits per heavy atom. The van der Waals surface area contributed by atoms with Crippen LogP contribution in [-0.2, 0) is 6.54 Å². The number of rotatable bonds is 4. The summed E-state index contributed by atoms with van der Waals surface area (Å²) in [5, 5.41) is 9.51. The van der Waals surface area contributed by atoms with Gasteiger partial charge in [0.05, 0.1) is 20.3 Å². The predicted octanol–water partition coefficient (Wildman–Crippen LogP) is 1.27. The van der Waals surface area contributed by atoms with Crippen LogP contribution in [0, 0.1) is 0 Å². The molecule has 0 spiro atoms. The van der Waals surface area contributed by atoms with Gasteiger partial charge in [-0.3, -0.25) is 4.90 Å². The highest BCUT2D eigenvalue weighted by Crippen LogP contribution is 2.32. The van der Waals surface area contributed by atoms with Gasteiger partial charge in [-0.2, -0.15) is 0 Å². The van der Waals surface area contributed by atoms with Gasteiger partial charge in [0.15, 0.2) is 11.5 Å². The number of hydrogen-bond acceptors (Lipinski definition) is 4. The van der Waals surface area contributed by atoms with Crippen molar-refractivity contribution in [2.24, 2.45) is 0 Å². The maximum atomic E-state index is 9.51. The molecule has 1 saturated heterocycles. The number of para-hydroxylation sites is 1. The van der Waals surface area contributed by atoms with E-state index in [0.29, 0.717) is 0 Å². The molecule has 1 aliphatic heterocycles. The van der Waals surface area contributed by atoms with E-state index in [1.54, 1.807) is 14.2 Å². The Bertz CT molecular complexity index is 381. The molecular weight excluding hydrogens is 218 g/mol. The van der Waals surface area contributed by atoms with E-state index in [-0.39, 0.29) is 6.10 Å². The summed E-state index contributed by atoms with van der Waals surface area (Å²) in [5.41, 5.74) is 1.10. The van der Waals surface area contributed by atoms with E-state index in [4.69, 9.17) is 9.47 Å². The summed E-state index contributed by atoms with van der Waals surface area (Å²) < 4.78 is 10.7. The molecule has 1 heterocycles. The predicted molar refractivity (Wildman–Crippen MR) is 65.4 cm³/mol. The first-order valence-corrected chi connectivity index (χ1v) is 5.85. The van der Waals surface area contributed by atoms with Gasteiger partial charge in [-0.15, -0.1) is 0 Å². The van der Waals surface area contributed by atoms with Gasteiger partial charge in [0.2, 0.25) is 0 Å². The third-order valence-corrected chi connectivity index (χ3v) is 3.13. The molecule has 0 amide bonds. The zero-order valence-corrected chi connectivity index (χ0v) is 10.3. The van der Waals surface area contributed by atoms with Gasteiger partial charge in [0.1, 0.15) is 0 Å². The molecule has 0 radical (unpaired) electrons. The smallest absolute Gasteiger partial charge is 0.165 e. The van der Waals surface area contributed by atoms with Gasteiger partial charge in [-0.1, -0.05) is 12.1 Å². The van der Waals surface area contributed by atoms with Gasteiger partial charge in [-0.05, 0) is 12.5 Å². The lowest BCUT2D eigenvalue weighted by molar-refractivity contribution is 0.174. The Hall–Kier alpha value is -1.26. The minimum atomic E-state index is -0.188. The van der Waals surface area contributed by atoms with Crippen molar-refractivity contribution in [3.05, 3.63) is 23.8 Å². The Kier molecular flexibility index (Phi) is 3.86. The minimum absolute atomic E-state index is 0.188. The SMILES string of the molecule is COc1cccc(CN2CC[C@@H](O)C2)c1OC. The fraction of sp³-hybridized carbons (Fsp3) is 0.538. The fourth-order valence-electron chi connectivity index (χ4n) is 2.27. The minimum Gasteiger partial charge on any atom is -0.493 e. The Labute approximate surface area is 102 Å². The van der Waals surface area contributed by atoms with Crippen molar-refractivity contribution in [2.75, 3.05) is 27.3 Å². The molecule has 0 bridgehead atoms. The average molecular weight is 237 g/mol. The van der Waals surface area contributed by atoms with E-state index in [1.807, 2.05) is 18.2 Å². The van der Waals surface area contributed by atoms with Crippen LogP contribution in [0.15, 0.2) is 18.2 Å².